The summed E-state index contributed by atoms with van der Waals surface area (Å²) in [5.74, 6) is 1.61. The second-order valence-corrected chi connectivity index (χ2v) is 10.4. The van der Waals surface area contributed by atoms with Crippen LogP contribution in [0.25, 0.3) is 21.5 Å². The molecule has 0 aliphatic heterocycles. The Morgan fingerprint density at radius 1 is 0.366 bits per heavy atom. The van der Waals surface area contributed by atoms with Crippen molar-refractivity contribution in [1.82, 2.24) is 0 Å². The molecule has 0 spiro atoms. The average Bonchev–Trinajstić information content (AvgIpc) is 3.31. The van der Waals surface area contributed by atoms with E-state index >= 15 is 0 Å². The van der Waals surface area contributed by atoms with Gasteiger partial charge in [0.25, 0.3) is 0 Å². The van der Waals surface area contributed by atoms with Crippen molar-refractivity contribution in [3.8, 4) is 0 Å². The van der Waals surface area contributed by atoms with E-state index in [0.717, 1.165) is 45.6 Å². The van der Waals surface area contributed by atoms with Crippen molar-refractivity contribution in [3.63, 3.8) is 0 Å². The van der Waals surface area contributed by atoms with Crippen molar-refractivity contribution < 1.29 is 4.42 Å². The molecule has 41 heavy (non-hydrogen) atoms. The minimum atomic E-state index is 0.806. The van der Waals surface area contributed by atoms with Crippen LogP contribution in [0.3, 0.4) is 0 Å². The second-order valence-electron chi connectivity index (χ2n) is 10.4. The summed E-state index contributed by atoms with van der Waals surface area (Å²) in [6.07, 6.45) is 0. The normalized spacial score (nSPS) is 11.2. The third kappa shape index (κ3) is 4.52. The number of benzene rings is 6. The van der Waals surface area contributed by atoms with Crippen LogP contribution < -0.4 is 9.80 Å². The summed E-state index contributed by atoms with van der Waals surface area (Å²) in [6.45, 7) is 4.30. The van der Waals surface area contributed by atoms with Crippen molar-refractivity contribution >= 4 is 56.1 Å². The molecule has 198 valence electrons. The number of furan rings is 1. The quantitative estimate of drug-likeness (QED) is 0.213. The predicted molar refractivity (Wildman–Crippen MR) is 173 cm³/mol. The molecule has 7 rings (SSSR count). The zero-order valence-electron chi connectivity index (χ0n) is 23.2. The van der Waals surface area contributed by atoms with E-state index < -0.39 is 0 Å². The largest absolute Gasteiger partial charge is 0.423 e. The lowest BCUT2D eigenvalue weighted by Gasteiger charge is -2.25. The number of rotatable bonds is 6. The zero-order valence-corrected chi connectivity index (χ0v) is 23.2. The summed E-state index contributed by atoms with van der Waals surface area (Å²) >= 11 is 0. The fourth-order valence-corrected chi connectivity index (χ4v) is 5.55. The Kier molecular flexibility index (Phi) is 6.25. The molecule has 3 heteroatoms. The third-order valence-electron chi connectivity index (χ3n) is 7.81. The summed E-state index contributed by atoms with van der Waals surface area (Å²) in [5, 5.41) is 4.80. The number of fused-ring (bicyclic) bond motifs is 2. The lowest BCUT2D eigenvalue weighted by atomic mass is 10.1. The van der Waals surface area contributed by atoms with E-state index in [-0.39, 0.29) is 0 Å². The van der Waals surface area contributed by atoms with Gasteiger partial charge in [-0.25, -0.2) is 0 Å². The summed E-state index contributed by atoms with van der Waals surface area (Å²) < 4.78 is 6.96. The van der Waals surface area contributed by atoms with E-state index in [1.165, 1.54) is 21.5 Å². The van der Waals surface area contributed by atoms with Gasteiger partial charge < -0.3 is 4.42 Å². The van der Waals surface area contributed by atoms with E-state index in [2.05, 4.69) is 157 Å². The number of hydrogen-bond acceptors (Lipinski definition) is 3. The minimum absolute atomic E-state index is 0.806. The van der Waals surface area contributed by atoms with E-state index in [1.807, 2.05) is 12.1 Å². The molecule has 0 aliphatic rings. The minimum Gasteiger partial charge on any atom is -0.423 e. The SMILES string of the molecule is Cc1c(N(c2ccccc2)c2ccc3ccccc3c2)oc(N(c2ccccc2)c2ccc3ccccc3c2)c1C. The molecule has 6 aromatic carbocycles. The van der Waals surface area contributed by atoms with Gasteiger partial charge in [-0.05, 0) is 83.9 Å². The summed E-state index contributed by atoms with van der Waals surface area (Å²) in [4.78, 5) is 4.45. The lowest BCUT2D eigenvalue weighted by Crippen LogP contribution is -2.11. The Morgan fingerprint density at radius 2 is 0.732 bits per heavy atom. The molecule has 0 saturated carbocycles. The van der Waals surface area contributed by atoms with Crippen LogP contribution in [0.15, 0.2) is 150 Å². The molecule has 0 amide bonds. The highest BCUT2D eigenvalue weighted by Crippen LogP contribution is 2.47. The van der Waals surface area contributed by atoms with Crippen LogP contribution in [-0.4, -0.2) is 0 Å². The molecule has 7 aromatic rings. The molecule has 0 atom stereocenters. The molecule has 1 aromatic heterocycles. The van der Waals surface area contributed by atoms with Gasteiger partial charge in [0, 0.05) is 33.9 Å². The van der Waals surface area contributed by atoms with Crippen molar-refractivity contribution in [3.05, 3.63) is 157 Å². The molecule has 0 N–H and O–H groups in total. The molecule has 0 radical (unpaired) electrons. The molecule has 0 aliphatic carbocycles. The molecule has 1 heterocycles. The van der Waals surface area contributed by atoms with Crippen molar-refractivity contribution in [1.29, 1.82) is 0 Å². The van der Waals surface area contributed by atoms with Crippen LogP contribution in [0.1, 0.15) is 11.1 Å². The van der Waals surface area contributed by atoms with Gasteiger partial charge in [-0.1, -0.05) is 97.1 Å². The van der Waals surface area contributed by atoms with E-state index in [1.54, 1.807) is 0 Å². The maximum Gasteiger partial charge on any atom is 0.210 e. The number of anilines is 6. The first-order valence-electron chi connectivity index (χ1n) is 14.0. The molecule has 0 unspecified atom stereocenters. The van der Waals surface area contributed by atoms with Gasteiger partial charge in [0.05, 0.1) is 0 Å². The van der Waals surface area contributed by atoms with E-state index in [0.29, 0.717) is 0 Å². The van der Waals surface area contributed by atoms with Crippen LogP contribution >= 0.6 is 0 Å². The highest BCUT2D eigenvalue weighted by Gasteiger charge is 2.27. The van der Waals surface area contributed by atoms with Gasteiger partial charge >= 0.3 is 0 Å². The highest BCUT2D eigenvalue weighted by molar-refractivity contribution is 5.91. The van der Waals surface area contributed by atoms with E-state index in [9.17, 15) is 0 Å². The Hall–Kier alpha value is -5.28. The first kappa shape index (κ1) is 24.7. The molecule has 0 saturated heterocycles. The molecule has 3 nitrogen and oxygen atoms in total. The second kappa shape index (κ2) is 10.4. The average molecular weight is 531 g/mol. The van der Waals surface area contributed by atoms with Crippen LogP contribution in [0.2, 0.25) is 0 Å². The summed E-state index contributed by atoms with van der Waals surface area (Å²) in [5.41, 5.74) is 6.38. The van der Waals surface area contributed by atoms with Crippen molar-refractivity contribution in [2.24, 2.45) is 0 Å². The molecular formula is C38H30N2O. The Morgan fingerprint density at radius 3 is 1.15 bits per heavy atom. The molecule has 0 fully saturated rings. The number of nitrogens with zero attached hydrogens (tertiary/aromatic N) is 2. The van der Waals surface area contributed by atoms with Gasteiger partial charge in [0.1, 0.15) is 0 Å². The van der Waals surface area contributed by atoms with Gasteiger partial charge in [-0.15, -0.1) is 0 Å². The number of para-hydroxylation sites is 2. The smallest absolute Gasteiger partial charge is 0.210 e. The maximum atomic E-state index is 6.96. The molecular weight excluding hydrogens is 500 g/mol. The van der Waals surface area contributed by atoms with Crippen LogP contribution in [-0.2, 0) is 0 Å². The van der Waals surface area contributed by atoms with Gasteiger partial charge in [0.15, 0.2) is 0 Å². The van der Waals surface area contributed by atoms with E-state index in [4.69, 9.17) is 4.42 Å². The van der Waals surface area contributed by atoms with Gasteiger partial charge in [-0.3, -0.25) is 9.80 Å². The summed E-state index contributed by atoms with van der Waals surface area (Å²) in [7, 11) is 0. The van der Waals surface area contributed by atoms with Crippen LogP contribution in [0, 0.1) is 13.8 Å². The predicted octanol–water partition coefficient (Wildman–Crippen LogP) is 11.1. The van der Waals surface area contributed by atoms with Crippen LogP contribution in [0.4, 0.5) is 34.5 Å². The fourth-order valence-electron chi connectivity index (χ4n) is 5.55. The fraction of sp³-hybridized carbons (Fsp3) is 0.0526. The van der Waals surface area contributed by atoms with Crippen LogP contribution in [0.5, 0.6) is 0 Å². The third-order valence-corrected chi connectivity index (χ3v) is 7.81. The monoisotopic (exact) mass is 530 g/mol. The Labute approximate surface area is 240 Å². The van der Waals surface area contributed by atoms with Crippen molar-refractivity contribution in [2.75, 3.05) is 9.80 Å². The topological polar surface area (TPSA) is 19.6 Å². The zero-order chi connectivity index (χ0) is 27.8. The van der Waals surface area contributed by atoms with Crippen molar-refractivity contribution in [2.45, 2.75) is 13.8 Å². The first-order chi connectivity index (χ1) is 20.2. The van der Waals surface area contributed by atoms with Gasteiger partial charge in [-0.2, -0.15) is 0 Å². The van der Waals surface area contributed by atoms with Gasteiger partial charge in [0.2, 0.25) is 11.8 Å². The Bertz CT molecular complexity index is 1830. The highest BCUT2D eigenvalue weighted by atomic mass is 16.4. The number of hydrogen-bond donors (Lipinski definition) is 0. The standard InChI is InChI=1S/C38H30N2O/c1-27-28(2)38(40(34-19-7-4-8-20-34)36-24-22-30-14-10-12-16-32(30)26-36)41-37(27)39(33-17-5-3-6-18-33)35-23-21-29-13-9-11-15-31(29)25-35/h3-26H,1-2H3. The lowest BCUT2D eigenvalue weighted by molar-refractivity contribution is 0.577. The Balaban J connectivity index is 1.43. The summed E-state index contributed by atoms with van der Waals surface area (Å²) in [6, 6.07) is 51.0. The first-order valence-corrected chi connectivity index (χ1v) is 14.0. The molecule has 0 bridgehead atoms. The maximum absolute atomic E-state index is 6.96.